The molecule has 0 aliphatic rings. The summed E-state index contributed by atoms with van der Waals surface area (Å²) in [6.07, 6.45) is 3.13. The van der Waals surface area contributed by atoms with E-state index in [1.54, 1.807) is 0 Å². The molecule has 0 aliphatic heterocycles. The minimum atomic E-state index is 0.715. The van der Waals surface area contributed by atoms with Crippen LogP contribution in [0.15, 0.2) is 12.3 Å². The molecule has 1 aromatic heterocycles. The van der Waals surface area contributed by atoms with Gasteiger partial charge in [-0.05, 0) is 25.5 Å². The van der Waals surface area contributed by atoms with E-state index >= 15 is 0 Å². The van der Waals surface area contributed by atoms with Crippen LogP contribution in [0.4, 0.5) is 0 Å². The quantitative estimate of drug-likeness (QED) is 0.684. The highest BCUT2D eigenvalue weighted by molar-refractivity contribution is 4.97. The van der Waals surface area contributed by atoms with Gasteiger partial charge >= 0.3 is 0 Å². The van der Waals surface area contributed by atoms with E-state index in [0.717, 1.165) is 38.4 Å². The van der Waals surface area contributed by atoms with Crippen molar-refractivity contribution in [3.8, 4) is 0 Å². The van der Waals surface area contributed by atoms with Crippen molar-refractivity contribution in [3.63, 3.8) is 0 Å². The molecule has 0 radical (unpaired) electrons. The molecule has 0 saturated heterocycles. The zero-order valence-electron chi connectivity index (χ0n) is 10.6. The van der Waals surface area contributed by atoms with Crippen LogP contribution in [0.3, 0.4) is 0 Å². The average molecular weight is 225 g/mol. The summed E-state index contributed by atoms with van der Waals surface area (Å²) in [4.78, 5) is 0. The number of ether oxygens (including phenoxy) is 1. The minimum Gasteiger partial charge on any atom is -0.380 e. The highest BCUT2D eigenvalue weighted by Crippen LogP contribution is 1.99. The van der Waals surface area contributed by atoms with Crippen LogP contribution in [-0.2, 0) is 17.8 Å². The van der Waals surface area contributed by atoms with Crippen molar-refractivity contribution in [1.82, 2.24) is 15.1 Å². The van der Waals surface area contributed by atoms with Gasteiger partial charge in [-0.1, -0.05) is 13.8 Å². The van der Waals surface area contributed by atoms with E-state index < -0.39 is 0 Å². The van der Waals surface area contributed by atoms with E-state index in [4.69, 9.17) is 4.74 Å². The number of aromatic nitrogens is 2. The zero-order chi connectivity index (χ0) is 11.8. The van der Waals surface area contributed by atoms with Crippen molar-refractivity contribution in [2.75, 3.05) is 20.3 Å². The van der Waals surface area contributed by atoms with Crippen LogP contribution < -0.4 is 5.32 Å². The lowest BCUT2D eigenvalue weighted by Gasteiger charge is -2.06. The molecule has 0 fully saturated rings. The molecule has 1 rings (SSSR count). The number of hydrogen-bond acceptors (Lipinski definition) is 3. The number of rotatable bonds is 8. The fourth-order valence-corrected chi connectivity index (χ4v) is 1.38. The SMILES string of the molecule is CNCc1ccn(CCOCCC(C)C)n1. The van der Waals surface area contributed by atoms with Crippen LogP contribution in [0.2, 0.25) is 0 Å². The largest absolute Gasteiger partial charge is 0.380 e. The van der Waals surface area contributed by atoms with E-state index in [1.807, 2.05) is 24.0 Å². The Balaban J connectivity index is 2.12. The van der Waals surface area contributed by atoms with Crippen LogP contribution in [0, 0.1) is 5.92 Å². The van der Waals surface area contributed by atoms with Gasteiger partial charge in [0.1, 0.15) is 0 Å². The summed E-state index contributed by atoms with van der Waals surface area (Å²) >= 11 is 0. The molecule has 4 heteroatoms. The summed E-state index contributed by atoms with van der Waals surface area (Å²) in [5.41, 5.74) is 1.07. The Morgan fingerprint density at radius 2 is 2.25 bits per heavy atom. The van der Waals surface area contributed by atoms with E-state index in [9.17, 15) is 0 Å². The maximum Gasteiger partial charge on any atom is 0.0762 e. The van der Waals surface area contributed by atoms with E-state index in [1.165, 1.54) is 0 Å². The number of nitrogens with zero attached hydrogens (tertiary/aromatic N) is 2. The van der Waals surface area contributed by atoms with Crippen LogP contribution in [0.25, 0.3) is 0 Å². The molecule has 0 saturated carbocycles. The second-order valence-corrected chi connectivity index (χ2v) is 4.40. The summed E-state index contributed by atoms with van der Waals surface area (Å²) in [5, 5.41) is 7.49. The first-order chi connectivity index (χ1) is 7.72. The Morgan fingerprint density at radius 3 is 2.94 bits per heavy atom. The lowest BCUT2D eigenvalue weighted by molar-refractivity contribution is 0.114. The minimum absolute atomic E-state index is 0.715. The van der Waals surface area contributed by atoms with Gasteiger partial charge in [0, 0.05) is 19.3 Å². The van der Waals surface area contributed by atoms with E-state index in [2.05, 4.69) is 24.3 Å². The van der Waals surface area contributed by atoms with Crippen molar-refractivity contribution in [2.24, 2.45) is 5.92 Å². The van der Waals surface area contributed by atoms with Crippen molar-refractivity contribution in [3.05, 3.63) is 18.0 Å². The van der Waals surface area contributed by atoms with Crippen LogP contribution in [0.1, 0.15) is 26.0 Å². The first kappa shape index (κ1) is 13.2. The van der Waals surface area contributed by atoms with E-state index in [-0.39, 0.29) is 0 Å². The van der Waals surface area contributed by atoms with Crippen LogP contribution in [-0.4, -0.2) is 30.0 Å². The molecular formula is C12H23N3O. The Labute approximate surface area is 98.0 Å². The molecular weight excluding hydrogens is 202 g/mol. The normalized spacial score (nSPS) is 11.2. The smallest absolute Gasteiger partial charge is 0.0762 e. The van der Waals surface area contributed by atoms with Gasteiger partial charge in [0.15, 0.2) is 0 Å². The molecule has 0 bridgehead atoms. The third kappa shape index (κ3) is 5.28. The number of nitrogens with one attached hydrogen (secondary N) is 1. The van der Waals surface area contributed by atoms with Crippen molar-refractivity contribution in [2.45, 2.75) is 33.4 Å². The molecule has 1 aromatic rings. The summed E-state index contributed by atoms with van der Waals surface area (Å²) < 4.78 is 7.47. The summed E-state index contributed by atoms with van der Waals surface area (Å²) in [6.45, 7) is 7.67. The second-order valence-electron chi connectivity index (χ2n) is 4.40. The van der Waals surface area contributed by atoms with Gasteiger partial charge in [-0.3, -0.25) is 4.68 Å². The van der Waals surface area contributed by atoms with Crippen LogP contribution >= 0.6 is 0 Å². The van der Waals surface area contributed by atoms with Crippen LogP contribution in [0.5, 0.6) is 0 Å². The first-order valence-corrected chi connectivity index (χ1v) is 5.97. The topological polar surface area (TPSA) is 39.1 Å². The molecule has 16 heavy (non-hydrogen) atoms. The lowest BCUT2D eigenvalue weighted by Crippen LogP contribution is -2.10. The fraction of sp³-hybridized carbons (Fsp3) is 0.750. The van der Waals surface area contributed by atoms with Gasteiger partial charge in [-0.15, -0.1) is 0 Å². The average Bonchev–Trinajstić information content (AvgIpc) is 2.65. The molecule has 1 heterocycles. The summed E-state index contributed by atoms with van der Waals surface area (Å²) in [6, 6.07) is 2.03. The predicted molar refractivity (Wildman–Crippen MR) is 65.3 cm³/mol. The maximum atomic E-state index is 5.54. The molecule has 0 spiro atoms. The zero-order valence-corrected chi connectivity index (χ0v) is 10.6. The number of hydrogen-bond donors (Lipinski definition) is 1. The van der Waals surface area contributed by atoms with Gasteiger partial charge in [0.2, 0.25) is 0 Å². The first-order valence-electron chi connectivity index (χ1n) is 5.97. The summed E-state index contributed by atoms with van der Waals surface area (Å²) in [7, 11) is 1.92. The van der Waals surface area contributed by atoms with E-state index in [0.29, 0.717) is 5.92 Å². The van der Waals surface area contributed by atoms with Crippen molar-refractivity contribution in [1.29, 1.82) is 0 Å². The van der Waals surface area contributed by atoms with Gasteiger partial charge in [-0.25, -0.2) is 0 Å². The monoisotopic (exact) mass is 225 g/mol. The third-order valence-electron chi connectivity index (χ3n) is 2.36. The molecule has 0 aromatic carbocycles. The fourth-order valence-electron chi connectivity index (χ4n) is 1.38. The molecule has 0 aliphatic carbocycles. The molecule has 1 N–H and O–H groups in total. The van der Waals surface area contributed by atoms with Gasteiger partial charge in [-0.2, -0.15) is 5.10 Å². The predicted octanol–water partition coefficient (Wildman–Crippen LogP) is 1.67. The lowest BCUT2D eigenvalue weighted by atomic mass is 10.1. The molecule has 0 unspecified atom stereocenters. The third-order valence-corrected chi connectivity index (χ3v) is 2.36. The molecule has 92 valence electrons. The molecule has 0 atom stereocenters. The van der Waals surface area contributed by atoms with Crippen molar-refractivity contribution < 1.29 is 4.74 Å². The molecule has 4 nitrogen and oxygen atoms in total. The van der Waals surface area contributed by atoms with Gasteiger partial charge in [0.05, 0.1) is 18.8 Å². The maximum absolute atomic E-state index is 5.54. The summed E-state index contributed by atoms with van der Waals surface area (Å²) in [5.74, 6) is 0.715. The van der Waals surface area contributed by atoms with Gasteiger partial charge < -0.3 is 10.1 Å². The highest BCUT2D eigenvalue weighted by atomic mass is 16.5. The Bertz CT molecular complexity index is 284. The standard InChI is InChI=1S/C12H23N3O/c1-11(2)5-8-16-9-7-15-6-4-12(14-15)10-13-3/h4,6,11,13H,5,7-10H2,1-3H3. The van der Waals surface area contributed by atoms with Gasteiger partial charge in [0.25, 0.3) is 0 Å². The van der Waals surface area contributed by atoms with Crippen molar-refractivity contribution >= 4 is 0 Å². The Morgan fingerprint density at radius 1 is 1.44 bits per heavy atom. The molecule has 0 amide bonds. The highest BCUT2D eigenvalue weighted by Gasteiger charge is 1.98. The second kappa shape index (κ2) is 7.41. The Hall–Kier alpha value is -0.870. The Kier molecular flexibility index (Phi) is 6.11.